The van der Waals surface area contributed by atoms with Crippen molar-refractivity contribution in [2.45, 2.75) is 32.6 Å². The number of nitrogens with one attached hydrogen (secondary N) is 2. The zero-order valence-corrected chi connectivity index (χ0v) is 15.3. The van der Waals surface area contributed by atoms with Crippen LogP contribution in [-0.4, -0.2) is 49.4 Å². The molecule has 0 aromatic carbocycles. The third-order valence-corrected chi connectivity index (χ3v) is 6.45. The standard InChI is InChI=1S/C18H26N4OS/c1-13-3-4-14-15(11-13)24-18-16(14)17(20-12-21-18)19-5-2-6-22-7-9-23-10-8-22/h12-13H,2-11H2,1H3,(H,19,20,21)/p+1/t13-/m0/s1. The van der Waals surface area contributed by atoms with Crippen LogP contribution < -0.4 is 10.2 Å². The van der Waals surface area contributed by atoms with Gasteiger partial charge in [-0.3, -0.25) is 0 Å². The third kappa shape index (κ3) is 3.41. The molecule has 0 spiro atoms. The molecule has 130 valence electrons. The average Bonchev–Trinajstić information content (AvgIpc) is 2.97. The summed E-state index contributed by atoms with van der Waals surface area (Å²) in [5.74, 6) is 1.84. The second-order valence-electron chi connectivity index (χ2n) is 7.15. The van der Waals surface area contributed by atoms with Gasteiger partial charge in [0.2, 0.25) is 0 Å². The summed E-state index contributed by atoms with van der Waals surface area (Å²) < 4.78 is 5.42. The van der Waals surface area contributed by atoms with Gasteiger partial charge in [0.05, 0.1) is 25.1 Å². The molecule has 1 fully saturated rings. The Hall–Kier alpha value is -1.24. The summed E-state index contributed by atoms with van der Waals surface area (Å²) in [5, 5.41) is 4.88. The Kier molecular flexibility index (Phi) is 4.96. The van der Waals surface area contributed by atoms with E-state index in [0.29, 0.717) is 0 Å². The third-order valence-electron chi connectivity index (χ3n) is 5.29. The molecule has 0 bridgehead atoms. The van der Waals surface area contributed by atoms with E-state index < -0.39 is 0 Å². The quantitative estimate of drug-likeness (QED) is 0.806. The minimum Gasteiger partial charge on any atom is -0.370 e. The topological polar surface area (TPSA) is 51.5 Å². The highest BCUT2D eigenvalue weighted by Gasteiger charge is 2.23. The van der Waals surface area contributed by atoms with E-state index in [1.165, 1.54) is 48.1 Å². The number of aromatic nitrogens is 2. The minimum absolute atomic E-state index is 0.798. The van der Waals surface area contributed by atoms with Gasteiger partial charge < -0.3 is 15.0 Å². The molecule has 1 saturated heterocycles. The highest BCUT2D eigenvalue weighted by Crippen LogP contribution is 2.39. The summed E-state index contributed by atoms with van der Waals surface area (Å²) in [4.78, 5) is 13.4. The second kappa shape index (κ2) is 7.33. The molecule has 4 rings (SSSR count). The van der Waals surface area contributed by atoms with Crippen LogP contribution in [0, 0.1) is 5.92 Å². The monoisotopic (exact) mass is 347 g/mol. The van der Waals surface area contributed by atoms with Gasteiger partial charge in [-0.2, -0.15) is 0 Å². The number of rotatable bonds is 5. The summed E-state index contributed by atoms with van der Waals surface area (Å²) >= 11 is 1.87. The SMILES string of the molecule is C[C@H]1CCc2c(sc3ncnc(NCCC[NH+]4CCOCC4)c23)C1. The van der Waals surface area contributed by atoms with E-state index in [9.17, 15) is 0 Å². The minimum atomic E-state index is 0.798. The predicted molar refractivity (Wildman–Crippen MR) is 98.1 cm³/mol. The predicted octanol–water partition coefficient (Wildman–Crippen LogP) is 1.53. The van der Waals surface area contributed by atoms with E-state index >= 15 is 0 Å². The van der Waals surface area contributed by atoms with Gasteiger partial charge in [-0.25, -0.2) is 9.97 Å². The highest BCUT2D eigenvalue weighted by atomic mass is 32.1. The normalized spacial score (nSPS) is 21.8. The van der Waals surface area contributed by atoms with Gasteiger partial charge in [0.1, 0.15) is 30.1 Å². The van der Waals surface area contributed by atoms with Gasteiger partial charge in [-0.05, 0) is 30.7 Å². The fourth-order valence-corrected chi connectivity index (χ4v) is 5.21. The molecule has 5 nitrogen and oxygen atoms in total. The molecule has 6 heteroatoms. The molecule has 2 aromatic heterocycles. The molecular formula is C18H27N4OS+. The van der Waals surface area contributed by atoms with Crippen LogP contribution in [0.3, 0.4) is 0 Å². The first-order chi connectivity index (χ1) is 11.8. The molecule has 0 unspecified atom stereocenters. The maximum absolute atomic E-state index is 5.42. The summed E-state index contributed by atoms with van der Waals surface area (Å²) in [6, 6.07) is 0. The lowest BCUT2D eigenvalue weighted by Gasteiger charge is -2.23. The van der Waals surface area contributed by atoms with Crippen molar-refractivity contribution in [1.82, 2.24) is 9.97 Å². The number of ether oxygens (including phenoxy) is 1. The van der Waals surface area contributed by atoms with Crippen molar-refractivity contribution in [3.8, 4) is 0 Å². The van der Waals surface area contributed by atoms with E-state index in [-0.39, 0.29) is 0 Å². The summed E-state index contributed by atoms with van der Waals surface area (Å²) in [6.07, 6.45) is 6.55. The van der Waals surface area contributed by atoms with E-state index in [1.54, 1.807) is 11.2 Å². The van der Waals surface area contributed by atoms with Gasteiger partial charge in [0.25, 0.3) is 0 Å². The van der Waals surface area contributed by atoms with Crippen molar-refractivity contribution >= 4 is 27.4 Å². The number of quaternary nitrogens is 1. The molecule has 2 aromatic rings. The Morgan fingerprint density at radius 3 is 3.08 bits per heavy atom. The first kappa shape index (κ1) is 16.2. The molecule has 2 N–H and O–H groups in total. The summed E-state index contributed by atoms with van der Waals surface area (Å²) in [7, 11) is 0. The molecule has 1 atom stereocenters. The Balaban J connectivity index is 1.42. The van der Waals surface area contributed by atoms with Crippen LogP contribution in [0.2, 0.25) is 0 Å². The van der Waals surface area contributed by atoms with Crippen molar-refractivity contribution in [3.05, 3.63) is 16.8 Å². The van der Waals surface area contributed by atoms with Gasteiger partial charge in [-0.15, -0.1) is 11.3 Å². The Morgan fingerprint density at radius 2 is 2.21 bits per heavy atom. The number of hydrogen-bond donors (Lipinski definition) is 2. The lowest BCUT2D eigenvalue weighted by atomic mass is 9.89. The molecular weight excluding hydrogens is 320 g/mol. The van der Waals surface area contributed by atoms with Crippen molar-refractivity contribution < 1.29 is 9.64 Å². The largest absolute Gasteiger partial charge is 0.370 e. The molecule has 0 radical (unpaired) electrons. The number of fused-ring (bicyclic) bond motifs is 3. The van der Waals surface area contributed by atoms with Crippen molar-refractivity contribution in [1.29, 1.82) is 0 Å². The van der Waals surface area contributed by atoms with E-state index in [1.807, 2.05) is 11.3 Å². The number of nitrogens with zero attached hydrogens (tertiary/aromatic N) is 2. The smallest absolute Gasteiger partial charge is 0.138 e. The second-order valence-corrected chi connectivity index (χ2v) is 8.23. The van der Waals surface area contributed by atoms with E-state index in [2.05, 4.69) is 22.2 Å². The van der Waals surface area contributed by atoms with Crippen molar-refractivity contribution in [3.63, 3.8) is 0 Å². The molecule has 0 amide bonds. The number of aryl methyl sites for hydroxylation is 1. The lowest BCUT2D eigenvalue weighted by Crippen LogP contribution is -3.14. The van der Waals surface area contributed by atoms with Crippen LogP contribution in [0.15, 0.2) is 6.33 Å². The zero-order valence-electron chi connectivity index (χ0n) is 14.4. The number of morpholine rings is 1. The van der Waals surface area contributed by atoms with Gasteiger partial charge in [0.15, 0.2) is 0 Å². The van der Waals surface area contributed by atoms with E-state index in [4.69, 9.17) is 4.74 Å². The molecule has 2 aliphatic rings. The zero-order chi connectivity index (χ0) is 16.4. The maximum Gasteiger partial charge on any atom is 0.138 e. The maximum atomic E-state index is 5.42. The Labute approximate surface area is 147 Å². The van der Waals surface area contributed by atoms with E-state index in [0.717, 1.165) is 49.4 Å². The van der Waals surface area contributed by atoms with Crippen LogP contribution in [0.5, 0.6) is 0 Å². The average molecular weight is 348 g/mol. The highest BCUT2D eigenvalue weighted by molar-refractivity contribution is 7.19. The number of thiophene rings is 1. The van der Waals surface area contributed by atoms with Crippen molar-refractivity contribution in [2.75, 3.05) is 44.7 Å². The van der Waals surface area contributed by atoms with Crippen LogP contribution in [0.1, 0.15) is 30.2 Å². The lowest BCUT2D eigenvalue weighted by molar-refractivity contribution is -0.908. The summed E-state index contributed by atoms with van der Waals surface area (Å²) in [5.41, 5.74) is 1.51. The molecule has 3 heterocycles. The first-order valence-corrected chi connectivity index (χ1v) is 10.0. The Morgan fingerprint density at radius 1 is 1.33 bits per heavy atom. The van der Waals surface area contributed by atoms with Crippen LogP contribution in [0.4, 0.5) is 5.82 Å². The summed E-state index contributed by atoms with van der Waals surface area (Å²) in [6.45, 7) is 8.67. The molecule has 1 aliphatic carbocycles. The molecule has 24 heavy (non-hydrogen) atoms. The fourth-order valence-electron chi connectivity index (χ4n) is 3.86. The van der Waals surface area contributed by atoms with Gasteiger partial charge in [-0.1, -0.05) is 6.92 Å². The first-order valence-electron chi connectivity index (χ1n) is 9.21. The van der Waals surface area contributed by atoms with Crippen LogP contribution >= 0.6 is 11.3 Å². The molecule has 0 saturated carbocycles. The van der Waals surface area contributed by atoms with Crippen LogP contribution in [-0.2, 0) is 17.6 Å². The Bertz CT molecular complexity index is 696. The number of anilines is 1. The fraction of sp³-hybridized carbons (Fsp3) is 0.667. The van der Waals surface area contributed by atoms with Crippen LogP contribution in [0.25, 0.3) is 10.2 Å². The van der Waals surface area contributed by atoms with Gasteiger partial charge >= 0.3 is 0 Å². The van der Waals surface area contributed by atoms with Gasteiger partial charge in [0, 0.05) is 17.8 Å². The van der Waals surface area contributed by atoms with Crippen molar-refractivity contribution in [2.24, 2.45) is 5.92 Å². The molecule has 1 aliphatic heterocycles. The number of hydrogen-bond acceptors (Lipinski definition) is 5.